The molecule has 0 aliphatic carbocycles. The van der Waals surface area contributed by atoms with Crippen LogP contribution in [0.4, 0.5) is 0 Å². The van der Waals surface area contributed by atoms with Crippen molar-refractivity contribution in [3.8, 4) is 0 Å². The summed E-state index contributed by atoms with van der Waals surface area (Å²) in [6.45, 7) is 3.22. The molecule has 3 N–H and O–H groups in total. The fraction of sp³-hybridized carbons (Fsp3) is 0.375. The number of rotatable bonds is 7. The Morgan fingerprint density at radius 1 is 1.32 bits per heavy atom. The van der Waals surface area contributed by atoms with Gasteiger partial charge in [0.25, 0.3) is 0 Å². The Bertz CT molecular complexity index is 552. The quantitative estimate of drug-likeness (QED) is 0.820. The van der Waals surface area contributed by atoms with Crippen molar-refractivity contribution in [3.05, 3.63) is 53.9 Å². The molecule has 0 saturated heterocycles. The predicted molar refractivity (Wildman–Crippen MR) is 89.7 cm³/mol. The number of nitrogens with two attached hydrogens (primary N) is 1. The lowest BCUT2D eigenvalue weighted by molar-refractivity contribution is -0.121. The van der Waals surface area contributed by atoms with Gasteiger partial charge in [-0.15, -0.1) is 12.4 Å². The van der Waals surface area contributed by atoms with E-state index in [4.69, 9.17) is 5.73 Å². The van der Waals surface area contributed by atoms with E-state index in [-0.39, 0.29) is 24.4 Å². The van der Waals surface area contributed by atoms with Crippen molar-refractivity contribution in [1.29, 1.82) is 0 Å². The first-order valence-corrected chi connectivity index (χ1v) is 7.21. The van der Waals surface area contributed by atoms with E-state index in [2.05, 4.69) is 22.5 Å². The molecule has 1 aromatic carbocycles. The van der Waals surface area contributed by atoms with E-state index in [0.717, 1.165) is 12.1 Å². The summed E-state index contributed by atoms with van der Waals surface area (Å²) in [7, 11) is 0. The highest BCUT2D eigenvalue weighted by atomic mass is 35.5. The Balaban J connectivity index is 0.00000242. The lowest BCUT2D eigenvalue weighted by atomic mass is 10.1. The Morgan fingerprint density at radius 3 is 2.59 bits per heavy atom. The molecule has 120 valence electrons. The van der Waals surface area contributed by atoms with Crippen LogP contribution in [-0.2, 0) is 17.9 Å². The summed E-state index contributed by atoms with van der Waals surface area (Å²) in [6, 6.07) is 10.2. The van der Waals surface area contributed by atoms with Gasteiger partial charge in [-0.1, -0.05) is 24.3 Å². The highest BCUT2D eigenvalue weighted by Crippen LogP contribution is 2.06. The van der Waals surface area contributed by atoms with Crippen molar-refractivity contribution in [3.63, 3.8) is 0 Å². The van der Waals surface area contributed by atoms with Gasteiger partial charge < -0.3 is 11.1 Å². The fourth-order valence-corrected chi connectivity index (χ4v) is 1.99. The van der Waals surface area contributed by atoms with Crippen molar-refractivity contribution < 1.29 is 4.79 Å². The molecule has 1 aromatic heterocycles. The number of aromatic nitrogens is 2. The van der Waals surface area contributed by atoms with Crippen LogP contribution < -0.4 is 11.1 Å². The molecule has 6 heteroatoms. The second kappa shape index (κ2) is 9.23. The number of carbonyl (C=O) groups excluding carboxylic acids is 1. The molecule has 22 heavy (non-hydrogen) atoms. The number of nitrogens with one attached hydrogen (secondary N) is 1. The van der Waals surface area contributed by atoms with E-state index < -0.39 is 0 Å². The summed E-state index contributed by atoms with van der Waals surface area (Å²) >= 11 is 0. The summed E-state index contributed by atoms with van der Waals surface area (Å²) in [5, 5.41) is 7.08. The summed E-state index contributed by atoms with van der Waals surface area (Å²) in [6.07, 6.45) is 4.91. The molecule has 0 spiro atoms. The minimum Gasteiger partial charge on any atom is -0.352 e. The molecular weight excluding hydrogens is 300 g/mol. The van der Waals surface area contributed by atoms with Crippen molar-refractivity contribution in [2.75, 3.05) is 0 Å². The van der Waals surface area contributed by atoms with E-state index >= 15 is 0 Å². The van der Waals surface area contributed by atoms with E-state index in [1.54, 1.807) is 6.20 Å². The van der Waals surface area contributed by atoms with Gasteiger partial charge in [0, 0.05) is 31.4 Å². The smallest absolute Gasteiger partial charge is 0.220 e. The van der Waals surface area contributed by atoms with Gasteiger partial charge >= 0.3 is 0 Å². The van der Waals surface area contributed by atoms with Crippen molar-refractivity contribution in [2.45, 2.75) is 38.9 Å². The Hall–Kier alpha value is -1.85. The second-order valence-corrected chi connectivity index (χ2v) is 5.31. The van der Waals surface area contributed by atoms with Crippen molar-refractivity contribution >= 4 is 18.3 Å². The first kappa shape index (κ1) is 18.2. The molecule has 1 heterocycles. The van der Waals surface area contributed by atoms with E-state index in [1.165, 1.54) is 5.56 Å². The van der Waals surface area contributed by atoms with Gasteiger partial charge in [-0.05, 0) is 30.5 Å². The maximum Gasteiger partial charge on any atom is 0.220 e. The third-order valence-electron chi connectivity index (χ3n) is 3.24. The lowest BCUT2D eigenvalue weighted by Gasteiger charge is -2.08. The average molecular weight is 323 g/mol. The van der Waals surface area contributed by atoms with Crippen molar-refractivity contribution in [2.24, 2.45) is 5.73 Å². The van der Waals surface area contributed by atoms with Gasteiger partial charge in [0.2, 0.25) is 5.91 Å². The lowest BCUT2D eigenvalue weighted by Crippen LogP contribution is -2.25. The normalized spacial score (nSPS) is 11.5. The summed E-state index contributed by atoms with van der Waals surface area (Å²) in [5.41, 5.74) is 7.91. The van der Waals surface area contributed by atoms with Gasteiger partial charge in [0.05, 0.1) is 6.54 Å². The third-order valence-corrected chi connectivity index (χ3v) is 3.24. The molecule has 5 nitrogen and oxygen atoms in total. The maximum atomic E-state index is 11.6. The highest BCUT2D eigenvalue weighted by molar-refractivity contribution is 5.85. The van der Waals surface area contributed by atoms with Crippen LogP contribution in [0.2, 0.25) is 0 Å². The van der Waals surface area contributed by atoms with Crippen LogP contribution in [0.25, 0.3) is 0 Å². The zero-order valence-corrected chi connectivity index (χ0v) is 13.6. The molecule has 0 bridgehead atoms. The summed E-state index contributed by atoms with van der Waals surface area (Å²) < 4.78 is 1.88. The standard InChI is InChI=1S/C16H22N4O.ClH/c1-13(17)3-8-16(21)18-11-14-4-6-15(7-5-14)12-20-10-2-9-19-20;/h2,4-7,9-10,13H,3,8,11-12,17H2,1H3,(H,18,21);1H. The molecule has 2 rings (SSSR count). The van der Waals surface area contributed by atoms with Crippen LogP contribution in [0.15, 0.2) is 42.7 Å². The molecule has 1 amide bonds. The van der Waals surface area contributed by atoms with Crippen LogP contribution in [0.3, 0.4) is 0 Å². The van der Waals surface area contributed by atoms with Crippen LogP contribution in [0, 0.1) is 0 Å². The largest absolute Gasteiger partial charge is 0.352 e. The van der Waals surface area contributed by atoms with E-state index in [9.17, 15) is 4.79 Å². The van der Waals surface area contributed by atoms with E-state index in [0.29, 0.717) is 19.4 Å². The summed E-state index contributed by atoms with van der Waals surface area (Å²) in [4.78, 5) is 11.6. The Labute approximate surface area is 137 Å². The van der Waals surface area contributed by atoms with Crippen LogP contribution in [0.1, 0.15) is 30.9 Å². The number of amides is 1. The molecule has 0 radical (unpaired) electrons. The summed E-state index contributed by atoms with van der Waals surface area (Å²) in [5.74, 6) is 0.0490. The number of benzene rings is 1. The molecular formula is C16H23ClN4O. The zero-order valence-electron chi connectivity index (χ0n) is 12.7. The number of carbonyl (C=O) groups is 1. The number of hydrogen-bond acceptors (Lipinski definition) is 3. The number of halogens is 1. The maximum absolute atomic E-state index is 11.6. The molecule has 1 unspecified atom stereocenters. The molecule has 2 aromatic rings. The predicted octanol–water partition coefficient (Wildman–Crippen LogP) is 2.10. The topological polar surface area (TPSA) is 72.9 Å². The monoisotopic (exact) mass is 322 g/mol. The van der Waals surface area contributed by atoms with Gasteiger partial charge in [-0.3, -0.25) is 9.48 Å². The fourth-order valence-electron chi connectivity index (χ4n) is 1.99. The van der Waals surface area contributed by atoms with Gasteiger partial charge in [-0.2, -0.15) is 5.10 Å². The zero-order chi connectivity index (χ0) is 15.1. The SMILES string of the molecule is CC(N)CCC(=O)NCc1ccc(Cn2cccn2)cc1.Cl. The van der Waals surface area contributed by atoms with E-state index in [1.807, 2.05) is 36.0 Å². The Kier molecular flexibility index (Phi) is 7.63. The molecule has 0 aliphatic heterocycles. The molecule has 0 saturated carbocycles. The molecule has 0 aliphatic rings. The second-order valence-electron chi connectivity index (χ2n) is 5.31. The van der Waals surface area contributed by atoms with Crippen LogP contribution in [-0.4, -0.2) is 21.7 Å². The van der Waals surface area contributed by atoms with Crippen LogP contribution in [0.5, 0.6) is 0 Å². The van der Waals surface area contributed by atoms with Crippen LogP contribution >= 0.6 is 12.4 Å². The molecule has 1 atom stereocenters. The third kappa shape index (κ3) is 6.28. The minimum atomic E-state index is 0. The minimum absolute atomic E-state index is 0. The Morgan fingerprint density at radius 2 is 2.00 bits per heavy atom. The van der Waals surface area contributed by atoms with Gasteiger partial charge in [0.15, 0.2) is 0 Å². The number of nitrogens with zero attached hydrogens (tertiary/aromatic N) is 2. The van der Waals surface area contributed by atoms with Gasteiger partial charge in [-0.25, -0.2) is 0 Å². The average Bonchev–Trinajstić information content (AvgIpc) is 2.97. The molecule has 0 fully saturated rings. The van der Waals surface area contributed by atoms with Crippen molar-refractivity contribution in [1.82, 2.24) is 15.1 Å². The highest BCUT2D eigenvalue weighted by Gasteiger charge is 2.03. The first-order chi connectivity index (χ1) is 10.1. The van der Waals surface area contributed by atoms with Gasteiger partial charge in [0.1, 0.15) is 0 Å². The first-order valence-electron chi connectivity index (χ1n) is 7.21. The number of hydrogen-bond donors (Lipinski definition) is 2.